The van der Waals surface area contributed by atoms with Crippen LogP contribution in [0.15, 0.2) is 18.7 Å². The molecule has 0 saturated heterocycles. The van der Waals surface area contributed by atoms with E-state index in [1.54, 1.807) is 12.4 Å². The first-order chi connectivity index (χ1) is 6.88. The predicted molar refractivity (Wildman–Crippen MR) is 53.2 cm³/mol. The average Bonchev–Trinajstić information content (AvgIpc) is 2.26. The molecule has 1 unspecified atom stereocenters. The summed E-state index contributed by atoms with van der Waals surface area (Å²) in [7, 11) is 0. The molecule has 14 heavy (non-hydrogen) atoms. The van der Waals surface area contributed by atoms with Crippen molar-refractivity contribution in [2.45, 2.75) is 19.4 Å². The lowest BCUT2D eigenvalue weighted by Crippen LogP contribution is -2.31. The summed E-state index contributed by atoms with van der Waals surface area (Å²) in [4.78, 5) is 7.84. The molecule has 1 heterocycles. The average molecular weight is 196 g/mol. The summed E-state index contributed by atoms with van der Waals surface area (Å²) < 4.78 is 5.39. The van der Waals surface area contributed by atoms with Crippen molar-refractivity contribution >= 4 is 0 Å². The lowest BCUT2D eigenvalue weighted by Gasteiger charge is -2.15. The summed E-state index contributed by atoms with van der Waals surface area (Å²) in [5.74, 6) is 5.40. The topological polar surface area (TPSA) is 73.1 Å². The molecule has 0 aliphatic heterocycles. The highest BCUT2D eigenvalue weighted by Gasteiger charge is 2.09. The normalized spacial score (nSPS) is 12.7. The van der Waals surface area contributed by atoms with Crippen LogP contribution in [0.25, 0.3) is 0 Å². The molecule has 1 rings (SSSR count). The molecular weight excluding hydrogens is 180 g/mol. The third-order valence-corrected chi connectivity index (χ3v) is 1.82. The van der Waals surface area contributed by atoms with Crippen molar-refractivity contribution in [2.75, 3.05) is 13.2 Å². The monoisotopic (exact) mass is 196 g/mol. The highest BCUT2D eigenvalue weighted by molar-refractivity contribution is 5.08. The number of nitrogens with two attached hydrogens (primary N) is 1. The second-order valence-corrected chi connectivity index (χ2v) is 2.97. The van der Waals surface area contributed by atoms with Gasteiger partial charge in [-0.2, -0.15) is 0 Å². The molecule has 0 aliphatic carbocycles. The maximum Gasteiger partial charge on any atom is 0.115 e. The fraction of sp³-hybridized carbons (Fsp3) is 0.556. The molecule has 0 aliphatic rings. The molecule has 0 bridgehead atoms. The molecule has 5 heteroatoms. The van der Waals surface area contributed by atoms with Crippen LogP contribution in [0.5, 0.6) is 0 Å². The van der Waals surface area contributed by atoms with Gasteiger partial charge in [-0.15, -0.1) is 0 Å². The summed E-state index contributed by atoms with van der Waals surface area (Å²) in [5, 5.41) is 0. The van der Waals surface area contributed by atoms with Gasteiger partial charge in [-0.25, -0.2) is 9.97 Å². The van der Waals surface area contributed by atoms with Crippen molar-refractivity contribution < 1.29 is 4.74 Å². The lowest BCUT2D eigenvalue weighted by atomic mass is 10.2. The fourth-order valence-electron chi connectivity index (χ4n) is 1.08. The van der Waals surface area contributed by atoms with Crippen LogP contribution in [0.2, 0.25) is 0 Å². The molecule has 78 valence electrons. The van der Waals surface area contributed by atoms with Crippen molar-refractivity contribution in [3.05, 3.63) is 24.3 Å². The number of nitrogens with one attached hydrogen (secondary N) is 1. The van der Waals surface area contributed by atoms with Gasteiger partial charge in [0.2, 0.25) is 0 Å². The Morgan fingerprint density at radius 1 is 1.50 bits per heavy atom. The smallest absolute Gasteiger partial charge is 0.115 e. The van der Waals surface area contributed by atoms with Crippen LogP contribution in [-0.4, -0.2) is 23.2 Å². The zero-order valence-corrected chi connectivity index (χ0v) is 8.31. The van der Waals surface area contributed by atoms with Crippen molar-refractivity contribution in [1.29, 1.82) is 0 Å². The summed E-state index contributed by atoms with van der Waals surface area (Å²) >= 11 is 0. The van der Waals surface area contributed by atoms with Crippen molar-refractivity contribution in [3.8, 4) is 0 Å². The molecule has 0 spiro atoms. The molecule has 0 amide bonds. The van der Waals surface area contributed by atoms with Gasteiger partial charge in [0.05, 0.1) is 12.6 Å². The van der Waals surface area contributed by atoms with E-state index < -0.39 is 0 Å². The quantitative estimate of drug-likeness (QED) is 0.391. The molecule has 0 aromatic carbocycles. The fourth-order valence-corrected chi connectivity index (χ4v) is 1.08. The predicted octanol–water partition coefficient (Wildman–Crippen LogP) is 0.408. The number of aromatic nitrogens is 2. The van der Waals surface area contributed by atoms with Crippen LogP contribution >= 0.6 is 0 Å². The van der Waals surface area contributed by atoms with Crippen LogP contribution in [0.1, 0.15) is 24.9 Å². The Balaban J connectivity index is 2.46. The molecular formula is C9H16N4O. The number of hydrazine groups is 1. The highest BCUT2D eigenvalue weighted by Crippen LogP contribution is 2.08. The minimum atomic E-state index is -0.0391. The van der Waals surface area contributed by atoms with E-state index in [9.17, 15) is 0 Å². The zero-order chi connectivity index (χ0) is 10.2. The molecule has 1 atom stereocenters. The first-order valence-electron chi connectivity index (χ1n) is 4.67. The van der Waals surface area contributed by atoms with Gasteiger partial charge in [0.25, 0.3) is 0 Å². The van der Waals surface area contributed by atoms with Crippen molar-refractivity contribution in [3.63, 3.8) is 0 Å². The van der Waals surface area contributed by atoms with E-state index in [4.69, 9.17) is 10.6 Å². The Hall–Kier alpha value is -1.04. The Bertz CT molecular complexity index is 242. The lowest BCUT2D eigenvalue weighted by molar-refractivity contribution is 0.112. The maximum absolute atomic E-state index is 5.40. The minimum Gasteiger partial charge on any atom is -0.379 e. The van der Waals surface area contributed by atoms with Gasteiger partial charge in [-0.05, 0) is 6.42 Å². The van der Waals surface area contributed by atoms with Crippen LogP contribution in [0.3, 0.4) is 0 Å². The van der Waals surface area contributed by atoms with E-state index in [0.29, 0.717) is 6.61 Å². The molecule has 3 N–H and O–H groups in total. The van der Waals surface area contributed by atoms with E-state index >= 15 is 0 Å². The Labute approximate surface area is 83.7 Å². The number of hydrogen-bond acceptors (Lipinski definition) is 5. The summed E-state index contributed by atoms with van der Waals surface area (Å²) in [5.41, 5.74) is 3.61. The summed E-state index contributed by atoms with van der Waals surface area (Å²) in [6, 6.07) is -0.0391. The molecule has 0 fully saturated rings. The molecule has 0 saturated carbocycles. The maximum atomic E-state index is 5.40. The van der Waals surface area contributed by atoms with Crippen LogP contribution < -0.4 is 11.3 Å². The number of hydrogen-bond donors (Lipinski definition) is 2. The van der Waals surface area contributed by atoms with Gasteiger partial charge in [-0.3, -0.25) is 11.3 Å². The van der Waals surface area contributed by atoms with E-state index in [2.05, 4.69) is 22.3 Å². The van der Waals surface area contributed by atoms with E-state index in [1.165, 1.54) is 6.33 Å². The van der Waals surface area contributed by atoms with Crippen molar-refractivity contribution in [1.82, 2.24) is 15.4 Å². The van der Waals surface area contributed by atoms with Gasteiger partial charge in [-0.1, -0.05) is 6.92 Å². The third-order valence-electron chi connectivity index (χ3n) is 1.82. The largest absolute Gasteiger partial charge is 0.379 e. The SMILES string of the molecule is CCCOCC(NN)c1cncnc1. The second kappa shape index (κ2) is 6.42. The van der Waals surface area contributed by atoms with Gasteiger partial charge in [0.1, 0.15) is 6.33 Å². The van der Waals surface area contributed by atoms with E-state index in [-0.39, 0.29) is 6.04 Å². The summed E-state index contributed by atoms with van der Waals surface area (Å²) in [6.07, 6.45) is 5.95. The Morgan fingerprint density at radius 2 is 2.21 bits per heavy atom. The first-order valence-corrected chi connectivity index (χ1v) is 4.67. The number of nitrogens with zero attached hydrogens (tertiary/aromatic N) is 2. The van der Waals surface area contributed by atoms with Gasteiger partial charge in [0.15, 0.2) is 0 Å². The minimum absolute atomic E-state index is 0.0391. The van der Waals surface area contributed by atoms with Gasteiger partial charge >= 0.3 is 0 Å². The highest BCUT2D eigenvalue weighted by atomic mass is 16.5. The molecule has 0 radical (unpaired) electrons. The first kappa shape index (κ1) is 11.0. The summed E-state index contributed by atoms with van der Waals surface area (Å²) in [6.45, 7) is 3.35. The Morgan fingerprint density at radius 3 is 2.79 bits per heavy atom. The molecule has 5 nitrogen and oxygen atoms in total. The number of ether oxygens (including phenoxy) is 1. The molecule has 1 aromatic rings. The molecule has 1 aromatic heterocycles. The second-order valence-electron chi connectivity index (χ2n) is 2.97. The third kappa shape index (κ3) is 3.37. The standard InChI is InChI=1S/C9H16N4O/c1-2-3-14-6-9(13-10)8-4-11-7-12-5-8/h4-5,7,9,13H,2-3,6,10H2,1H3. The van der Waals surface area contributed by atoms with Gasteiger partial charge < -0.3 is 4.74 Å². The number of rotatable bonds is 6. The Kier molecular flexibility index (Phi) is 5.06. The van der Waals surface area contributed by atoms with Crippen molar-refractivity contribution in [2.24, 2.45) is 5.84 Å². The van der Waals surface area contributed by atoms with Gasteiger partial charge in [0, 0.05) is 24.6 Å². The van der Waals surface area contributed by atoms with Crippen LogP contribution in [0, 0.1) is 0 Å². The van der Waals surface area contributed by atoms with E-state index in [1.807, 2.05) is 0 Å². The van der Waals surface area contributed by atoms with E-state index in [0.717, 1.165) is 18.6 Å². The van der Waals surface area contributed by atoms with Crippen LogP contribution in [0.4, 0.5) is 0 Å². The zero-order valence-electron chi connectivity index (χ0n) is 8.31. The van der Waals surface area contributed by atoms with Crippen LogP contribution in [-0.2, 0) is 4.74 Å².